The van der Waals surface area contributed by atoms with Gasteiger partial charge in [0.1, 0.15) is 0 Å². The Hall–Kier alpha value is -2.42. The summed E-state index contributed by atoms with van der Waals surface area (Å²) in [5, 5.41) is 0. The molecule has 1 amide bonds. The lowest BCUT2D eigenvalue weighted by Crippen LogP contribution is -2.39. The zero-order valence-electron chi connectivity index (χ0n) is 19.0. The van der Waals surface area contributed by atoms with Gasteiger partial charge in [0.15, 0.2) is 0 Å². The summed E-state index contributed by atoms with van der Waals surface area (Å²) in [6, 6.07) is 18.9. The number of para-hydroxylation sites is 1. The maximum Gasteiger partial charge on any atom is 0.476 e. The number of phosphoric acid groups is 1. The highest BCUT2D eigenvalue weighted by atomic mass is 31.2. The van der Waals surface area contributed by atoms with Crippen molar-refractivity contribution in [2.75, 3.05) is 18.1 Å². The monoisotopic (exact) mass is 457 g/mol. The average Bonchev–Trinajstić information content (AvgIpc) is 2.80. The Labute approximate surface area is 191 Å². The third kappa shape index (κ3) is 8.26. The van der Waals surface area contributed by atoms with Gasteiger partial charge in [-0.3, -0.25) is 18.4 Å². The van der Waals surface area contributed by atoms with Gasteiger partial charge in [-0.25, -0.2) is 4.57 Å². The topological polar surface area (TPSA) is 65.1 Å². The van der Waals surface area contributed by atoms with Crippen LogP contribution in [-0.4, -0.2) is 25.2 Å². The van der Waals surface area contributed by atoms with Crippen LogP contribution in [0, 0.1) is 11.8 Å². The van der Waals surface area contributed by atoms with Crippen molar-refractivity contribution in [2.45, 2.75) is 52.7 Å². The van der Waals surface area contributed by atoms with Gasteiger partial charge in [-0.1, -0.05) is 73.7 Å². The molecule has 0 fully saturated rings. The first kappa shape index (κ1) is 25.8. The summed E-state index contributed by atoms with van der Waals surface area (Å²) in [5.41, 5.74) is 1.63. The van der Waals surface area contributed by atoms with Crippen molar-refractivity contribution in [3.05, 3.63) is 66.2 Å². The number of nitrogens with zero attached hydrogens (tertiary/aromatic N) is 1. The van der Waals surface area contributed by atoms with Gasteiger partial charge < -0.3 is 4.90 Å². The van der Waals surface area contributed by atoms with E-state index in [0.717, 1.165) is 18.4 Å². The molecule has 1 atom stereocenters. The molecule has 172 valence electrons. The summed E-state index contributed by atoms with van der Waals surface area (Å²) >= 11 is 0. The second-order valence-corrected chi connectivity index (χ2v) is 8.56. The summed E-state index contributed by atoms with van der Waals surface area (Å²) in [6.45, 7) is 5.99. The second kappa shape index (κ2) is 13.9. The normalized spacial score (nSPS) is 12.0. The Bertz CT molecular complexity index is 914. The molecule has 7 heteroatoms. The minimum Gasteiger partial charge on any atom is -0.305 e. The van der Waals surface area contributed by atoms with Crippen LogP contribution in [0.15, 0.2) is 60.7 Å². The molecule has 0 aromatic heterocycles. The number of carbonyl (C=O) groups is 1. The van der Waals surface area contributed by atoms with Crippen LogP contribution >= 0.6 is 7.82 Å². The molecule has 0 radical (unpaired) electrons. The first-order valence-corrected chi connectivity index (χ1v) is 12.4. The number of benzene rings is 2. The van der Waals surface area contributed by atoms with Gasteiger partial charge in [0.05, 0.1) is 19.8 Å². The highest BCUT2D eigenvalue weighted by Gasteiger charge is 2.35. The molecular weight excluding hydrogens is 425 g/mol. The van der Waals surface area contributed by atoms with Gasteiger partial charge in [-0.05, 0) is 38.0 Å². The molecular formula is C25H32NO5P. The van der Waals surface area contributed by atoms with Crippen molar-refractivity contribution in [3.8, 4) is 11.8 Å². The lowest BCUT2D eigenvalue weighted by atomic mass is 10.1. The van der Waals surface area contributed by atoms with Crippen molar-refractivity contribution in [1.29, 1.82) is 0 Å². The van der Waals surface area contributed by atoms with Gasteiger partial charge in [0, 0.05) is 12.1 Å². The summed E-state index contributed by atoms with van der Waals surface area (Å²) in [5.74, 6) is 5.43. The van der Waals surface area contributed by atoms with Crippen molar-refractivity contribution in [2.24, 2.45) is 0 Å². The second-order valence-electron chi connectivity index (χ2n) is 6.94. The van der Waals surface area contributed by atoms with Crippen LogP contribution in [0.4, 0.5) is 5.69 Å². The van der Waals surface area contributed by atoms with Gasteiger partial charge in [0.25, 0.3) is 5.91 Å². The SMILES string of the molecule is CCCCC#CC(OP(=O)(OCC)OCC)C(=O)N(Cc1ccccc1)c1ccccc1. The van der Waals surface area contributed by atoms with Gasteiger partial charge in [-0.2, -0.15) is 0 Å². The molecule has 32 heavy (non-hydrogen) atoms. The van der Waals surface area contributed by atoms with Gasteiger partial charge >= 0.3 is 7.82 Å². The lowest BCUT2D eigenvalue weighted by Gasteiger charge is -2.27. The van der Waals surface area contributed by atoms with Crippen LogP contribution in [0.3, 0.4) is 0 Å². The van der Waals surface area contributed by atoms with E-state index in [0.29, 0.717) is 18.7 Å². The van der Waals surface area contributed by atoms with E-state index < -0.39 is 19.8 Å². The molecule has 0 aliphatic heterocycles. The standard InChI is InChI=1S/C25H32NO5P/c1-4-7-8-15-20-24(31-32(28,29-5-2)30-6-3)25(27)26(23-18-13-10-14-19-23)21-22-16-11-9-12-17-22/h9-14,16-19,24H,4-8,21H2,1-3H3. The Morgan fingerprint density at radius 2 is 1.56 bits per heavy atom. The highest BCUT2D eigenvalue weighted by molar-refractivity contribution is 7.48. The summed E-state index contributed by atoms with van der Waals surface area (Å²) in [6.07, 6.45) is 1.20. The Morgan fingerprint density at radius 3 is 2.12 bits per heavy atom. The zero-order valence-corrected chi connectivity index (χ0v) is 19.9. The van der Waals surface area contributed by atoms with E-state index in [-0.39, 0.29) is 13.2 Å². The maximum atomic E-state index is 13.7. The quantitative estimate of drug-likeness (QED) is 0.223. The first-order valence-electron chi connectivity index (χ1n) is 11.0. The highest BCUT2D eigenvalue weighted by Crippen LogP contribution is 2.50. The van der Waals surface area contributed by atoms with Crippen LogP contribution in [0.1, 0.15) is 45.6 Å². The maximum absolute atomic E-state index is 13.7. The summed E-state index contributed by atoms with van der Waals surface area (Å²) < 4.78 is 29.2. The fourth-order valence-electron chi connectivity index (χ4n) is 2.92. The number of carbonyl (C=O) groups excluding carboxylic acids is 1. The lowest BCUT2D eigenvalue weighted by molar-refractivity contribution is -0.124. The number of hydrogen-bond acceptors (Lipinski definition) is 5. The first-order chi connectivity index (χ1) is 15.5. The average molecular weight is 458 g/mol. The number of amides is 1. The van der Waals surface area contributed by atoms with Crippen molar-refractivity contribution < 1.29 is 22.9 Å². The number of hydrogen-bond donors (Lipinski definition) is 0. The van der Waals surface area contributed by atoms with Crippen molar-refractivity contribution in [1.82, 2.24) is 0 Å². The minimum atomic E-state index is -3.95. The van der Waals surface area contributed by atoms with E-state index in [1.165, 1.54) is 0 Å². The van der Waals surface area contributed by atoms with Gasteiger partial charge in [0.2, 0.25) is 6.10 Å². The fourth-order valence-corrected chi connectivity index (χ4v) is 4.15. The van der Waals surface area contributed by atoms with Crippen LogP contribution < -0.4 is 4.90 Å². The predicted molar refractivity (Wildman–Crippen MR) is 127 cm³/mol. The van der Waals surface area contributed by atoms with Crippen LogP contribution in [0.25, 0.3) is 0 Å². The van der Waals surface area contributed by atoms with E-state index in [9.17, 15) is 9.36 Å². The molecule has 0 spiro atoms. The number of rotatable bonds is 12. The third-order valence-electron chi connectivity index (χ3n) is 4.44. The fraction of sp³-hybridized carbons (Fsp3) is 0.400. The summed E-state index contributed by atoms with van der Waals surface area (Å²) in [7, 11) is -3.95. The van der Waals surface area contributed by atoms with Crippen LogP contribution in [0.5, 0.6) is 0 Å². The molecule has 0 bridgehead atoms. The molecule has 0 aliphatic rings. The largest absolute Gasteiger partial charge is 0.476 e. The molecule has 0 heterocycles. The van der Waals surface area contributed by atoms with Crippen molar-refractivity contribution >= 4 is 19.4 Å². The Balaban J connectivity index is 2.40. The molecule has 2 aromatic rings. The molecule has 6 nitrogen and oxygen atoms in total. The molecule has 2 rings (SSSR count). The van der Waals surface area contributed by atoms with E-state index in [2.05, 4.69) is 18.8 Å². The minimum absolute atomic E-state index is 0.119. The van der Waals surface area contributed by atoms with E-state index in [4.69, 9.17) is 13.6 Å². The molecule has 0 N–H and O–H groups in total. The number of phosphoric ester groups is 1. The third-order valence-corrected chi connectivity index (χ3v) is 6.06. The molecule has 0 saturated carbocycles. The van der Waals surface area contributed by atoms with E-state index in [1.807, 2.05) is 60.7 Å². The van der Waals surface area contributed by atoms with Gasteiger partial charge in [-0.15, -0.1) is 0 Å². The zero-order chi connectivity index (χ0) is 23.2. The Kier molecular flexibility index (Phi) is 11.2. The molecule has 2 aromatic carbocycles. The van der Waals surface area contributed by atoms with E-state index in [1.54, 1.807) is 18.7 Å². The molecule has 0 saturated heterocycles. The number of anilines is 1. The molecule has 0 aliphatic carbocycles. The summed E-state index contributed by atoms with van der Waals surface area (Å²) in [4.78, 5) is 15.2. The van der Waals surface area contributed by atoms with Crippen molar-refractivity contribution in [3.63, 3.8) is 0 Å². The molecule has 1 unspecified atom stereocenters. The number of unbranched alkanes of at least 4 members (excludes halogenated alkanes) is 2. The predicted octanol–water partition coefficient (Wildman–Crippen LogP) is 5.98. The smallest absolute Gasteiger partial charge is 0.305 e. The van der Waals surface area contributed by atoms with Crippen LogP contribution in [0.2, 0.25) is 0 Å². The van der Waals surface area contributed by atoms with Crippen LogP contribution in [-0.2, 0) is 29.5 Å². The van der Waals surface area contributed by atoms with E-state index >= 15 is 0 Å². The Morgan fingerprint density at radius 1 is 0.969 bits per heavy atom.